The smallest absolute Gasteiger partial charge is 0.235 e. The van der Waals surface area contributed by atoms with E-state index < -0.39 is 10.0 Å². The van der Waals surface area contributed by atoms with Gasteiger partial charge in [0.2, 0.25) is 21.8 Å². The number of fused-ring (bicyclic) bond motifs is 2. The molecule has 9 heteroatoms. The van der Waals surface area contributed by atoms with Gasteiger partial charge in [0.25, 0.3) is 0 Å². The summed E-state index contributed by atoms with van der Waals surface area (Å²) in [5.41, 5.74) is 0. The SMILES string of the molecule is CCCCCS(=O)(=O)NCC(=O)NC[C@@H]1[C@H](C/C=C\CCCC(=O)NC)[C@@H]2CC[C@H]1O2. The van der Waals surface area contributed by atoms with Crippen LogP contribution in [0.4, 0.5) is 0 Å². The molecular formula is C22H39N3O5S. The van der Waals surface area contributed by atoms with Gasteiger partial charge in [-0.15, -0.1) is 0 Å². The van der Waals surface area contributed by atoms with Crippen molar-refractivity contribution in [3.05, 3.63) is 12.2 Å². The molecule has 2 amide bonds. The molecule has 2 rings (SSSR count). The monoisotopic (exact) mass is 457 g/mol. The quantitative estimate of drug-likeness (QED) is 0.257. The first-order chi connectivity index (χ1) is 14.9. The molecule has 31 heavy (non-hydrogen) atoms. The number of amides is 2. The van der Waals surface area contributed by atoms with Crippen LogP contribution in [0.25, 0.3) is 0 Å². The molecule has 3 N–H and O–H groups in total. The topological polar surface area (TPSA) is 114 Å². The van der Waals surface area contributed by atoms with Crippen LogP contribution in [0, 0.1) is 11.8 Å². The summed E-state index contributed by atoms with van der Waals surface area (Å²) in [6, 6.07) is 0. The van der Waals surface area contributed by atoms with Crippen LogP contribution in [-0.2, 0) is 24.3 Å². The predicted molar refractivity (Wildman–Crippen MR) is 121 cm³/mol. The Morgan fingerprint density at radius 2 is 1.77 bits per heavy atom. The molecule has 0 unspecified atom stereocenters. The van der Waals surface area contributed by atoms with Gasteiger partial charge in [-0.2, -0.15) is 0 Å². The van der Waals surface area contributed by atoms with Gasteiger partial charge in [-0.1, -0.05) is 31.9 Å². The van der Waals surface area contributed by atoms with Crippen LogP contribution < -0.4 is 15.4 Å². The van der Waals surface area contributed by atoms with Crippen molar-refractivity contribution >= 4 is 21.8 Å². The Kier molecular flexibility index (Phi) is 11.0. The van der Waals surface area contributed by atoms with Crippen molar-refractivity contribution in [3.63, 3.8) is 0 Å². The van der Waals surface area contributed by atoms with Crippen molar-refractivity contribution in [2.75, 3.05) is 25.9 Å². The Balaban J connectivity index is 1.71. The third kappa shape index (κ3) is 8.90. The second-order valence-corrected chi connectivity index (χ2v) is 10.5. The maximum Gasteiger partial charge on any atom is 0.235 e. The fourth-order valence-electron chi connectivity index (χ4n) is 4.44. The largest absolute Gasteiger partial charge is 0.374 e. The zero-order valence-corrected chi connectivity index (χ0v) is 19.7. The second-order valence-electron chi connectivity index (χ2n) is 8.54. The maximum absolute atomic E-state index is 12.2. The minimum absolute atomic E-state index is 0.0614. The van der Waals surface area contributed by atoms with Gasteiger partial charge < -0.3 is 15.4 Å². The average Bonchev–Trinajstić information content (AvgIpc) is 3.35. The molecule has 0 aromatic carbocycles. The Morgan fingerprint density at radius 3 is 2.48 bits per heavy atom. The summed E-state index contributed by atoms with van der Waals surface area (Å²) in [5.74, 6) is 0.435. The van der Waals surface area contributed by atoms with Crippen LogP contribution in [0.3, 0.4) is 0 Å². The van der Waals surface area contributed by atoms with Gasteiger partial charge in [-0.05, 0) is 44.4 Å². The van der Waals surface area contributed by atoms with Crippen LogP contribution in [-0.4, -0.2) is 58.3 Å². The predicted octanol–water partition coefficient (Wildman–Crippen LogP) is 1.87. The summed E-state index contributed by atoms with van der Waals surface area (Å²) < 4.78 is 32.3. The van der Waals surface area contributed by atoms with Gasteiger partial charge in [-0.3, -0.25) is 9.59 Å². The van der Waals surface area contributed by atoms with Crippen molar-refractivity contribution in [1.82, 2.24) is 15.4 Å². The lowest BCUT2D eigenvalue weighted by Gasteiger charge is -2.27. The number of unbranched alkanes of at least 4 members (excludes halogenated alkanes) is 3. The minimum Gasteiger partial charge on any atom is -0.374 e. The average molecular weight is 458 g/mol. The van der Waals surface area contributed by atoms with Gasteiger partial charge in [0, 0.05) is 25.9 Å². The van der Waals surface area contributed by atoms with Gasteiger partial charge in [-0.25, -0.2) is 13.1 Å². The lowest BCUT2D eigenvalue weighted by atomic mass is 9.77. The number of allylic oxidation sites excluding steroid dienone is 2. The standard InChI is InChI=1S/C22H39N3O5S/c1-3-4-9-14-31(28,29)25-16-22(27)24-15-18-17(19-12-13-20(18)30-19)10-7-5-6-8-11-21(26)23-2/h5,7,17-20,25H,3-4,6,8-16H2,1-2H3,(H,23,26)(H,24,27)/b7-5-/t17-,18+,19-,20+/m0/s1. The molecule has 2 bridgehead atoms. The van der Waals surface area contributed by atoms with Gasteiger partial charge in [0.05, 0.1) is 24.5 Å². The molecule has 2 saturated heterocycles. The number of ether oxygens (including phenoxy) is 1. The van der Waals surface area contributed by atoms with E-state index in [1.807, 2.05) is 6.92 Å². The fraction of sp³-hybridized carbons (Fsp3) is 0.818. The van der Waals surface area contributed by atoms with Gasteiger partial charge in [0.15, 0.2) is 0 Å². The van der Waals surface area contributed by atoms with Crippen molar-refractivity contribution in [1.29, 1.82) is 0 Å². The van der Waals surface area contributed by atoms with Crippen LogP contribution in [0.5, 0.6) is 0 Å². The van der Waals surface area contributed by atoms with Crippen LogP contribution >= 0.6 is 0 Å². The first kappa shape index (κ1) is 25.8. The van der Waals surface area contributed by atoms with E-state index in [1.54, 1.807) is 7.05 Å². The molecule has 0 saturated carbocycles. The van der Waals surface area contributed by atoms with Crippen LogP contribution in [0.1, 0.15) is 64.7 Å². The number of sulfonamides is 1. The molecule has 8 nitrogen and oxygen atoms in total. The summed E-state index contributed by atoms with van der Waals surface area (Å²) in [7, 11) is -1.75. The second kappa shape index (κ2) is 13.2. The molecule has 2 heterocycles. The van der Waals surface area contributed by atoms with E-state index in [1.165, 1.54) is 0 Å². The summed E-state index contributed by atoms with van der Waals surface area (Å²) in [4.78, 5) is 23.4. The van der Waals surface area contributed by atoms with E-state index in [2.05, 4.69) is 27.5 Å². The van der Waals surface area contributed by atoms with Crippen molar-refractivity contribution in [2.45, 2.75) is 76.9 Å². The van der Waals surface area contributed by atoms with E-state index in [0.717, 1.165) is 44.9 Å². The Labute approximate surface area is 187 Å². The van der Waals surface area contributed by atoms with E-state index in [9.17, 15) is 18.0 Å². The van der Waals surface area contributed by atoms with Crippen molar-refractivity contribution < 1.29 is 22.7 Å². The van der Waals surface area contributed by atoms with E-state index in [-0.39, 0.29) is 42.2 Å². The minimum atomic E-state index is -3.40. The highest BCUT2D eigenvalue weighted by Gasteiger charge is 2.47. The molecule has 2 fully saturated rings. The highest BCUT2D eigenvalue weighted by atomic mass is 32.2. The number of carbonyl (C=O) groups is 2. The molecular weight excluding hydrogens is 418 g/mol. The zero-order valence-electron chi connectivity index (χ0n) is 18.9. The summed E-state index contributed by atoms with van der Waals surface area (Å²) in [6.45, 7) is 2.31. The number of hydrogen-bond donors (Lipinski definition) is 3. The number of carbonyl (C=O) groups excluding carboxylic acids is 2. The third-order valence-electron chi connectivity index (χ3n) is 6.22. The Bertz CT molecular complexity index is 710. The molecule has 0 aromatic rings. The zero-order chi connectivity index (χ0) is 22.7. The molecule has 0 spiro atoms. The Hall–Kier alpha value is -1.45. The summed E-state index contributed by atoms with van der Waals surface area (Å²) in [5, 5.41) is 5.52. The third-order valence-corrected chi connectivity index (χ3v) is 7.63. The first-order valence-electron chi connectivity index (χ1n) is 11.6. The summed E-state index contributed by atoms with van der Waals surface area (Å²) in [6.07, 6.45) is 12.3. The fourth-order valence-corrected chi connectivity index (χ4v) is 5.52. The van der Waals surface area contributed by atoms with Crippen molar-refractivity contribution in [2.24, 2.45) is 11.8 Å². The lowest BCUT2D eigenvalue weighted by molar-refractivity contribution is -0.121. The number of nitrogens with one attached hydrogen (secondary N) is 3. The molecule has 4 atom stereocenters. The molecule has 0 aliphatic carbocycles. The lowest BCUT2D eigenvalue weighted by Crippen LogP contribution is -2.42. The molecule has 2 aliphatic heterocycles. The van der Waals surface area contributed by atoms with Crippen molar-refractivity contribution in [3.8, 4) is 0 Å². The van der Waals surface area contributed by atoms with E-state index in [4.69, 9.17) is 4.74 Å². The normalized spacial score (nSPS) is 25.2. The Morgan fingerprint density at radius 1 is 1.03 bits per heavy atom. The van der Waals surface area contributed by atoms with Crippen LogP contribution in [0.2, 0.25) is 0 Å². The van der Waals surface area contributed by atoms with Gasteiger partial charge >= 0.3 is 0 Å². The van der Waals surface area contributed by atoms with Gasteiger partial charge in [0.1, 0.15) is 0 Å². The highest BCUT2D eigenvalue weighted by Crippen LogP contribution is 2.44. The van der Waals surface area contributed by atoms with E-state index in [0.29, 0.717) is 25.3 Å². The summed E-state index contributed by atoms with van der Waals surface area (Å²) >= 11 is 0. The van der Waals surface area contributed by atoms with Crippen LogP contribution in [0.15, 0.2) is 12.2 Å². The molecule has 2 aliphatic rings. The van der Waals surface area contributed by atoms with E-state index >= 15 is 0 Å². The molecule has 178 valence electrons. The highest BCUT2D eigenvalue weighted by molar-refractivity contribution is 7.89. The number of rotatable bonds is 15. The molecule has 0 radical (unpaired) electrons. The maximum atomic E-state index is 12.2. The number of hydrogen-bond acceptors (Lipinski definition) is 5. The first-order valence-corrected chi connectivity index (χ1v) is 13.3. The molecule has 0 aromatic heterocycles.